The lowest BCUT2D eigenvalue weighted by Gasteiger charge is -2.10. The summed E-state index contributed by atoms with van der Waals surface area (Å²) in [5.74, 6) is 0. The summed E-state index contributed by atoms with van der Waals surface area (Å²) in [6.45, 7) is 1.66. The molecule has 0 spiro atoms. The fraction of sp³-hybridized carbons (Fsp3) is 0.455. The molecule has 3 N–H and O–H groups in total. The van der Waals surface area contributed by atoms with E-state index in [1.54, 1.807) is 0 Å². The minimum Gasteiger partial charge on any atom is -0.324 e. The topological polar surface area (TPSA) is 38.0 Å². The first-order chi connectivity index (χ1) is 7.09. The average molecular weight is 245 g/mol. The number of rotatable bonds is 4. The number of benzene rings is 1. The zero-order valence-electron chi connectivity index (χ0n) is 8.39. The molecule has 0 atom stereocenters. The second-order valence-corrected chi connectivity index (χ2v) is 5.03. The molecular weight excluding hydrogens is 231 g/mol. The van der Waals surface area contributed by atoms with Crippen LogP contribution in [0.15, 0.2) is 18.2 Å². The van der Waals surface area contributed by atoms with E-state index < -0.39 is 0 Å². The molecule has 15 heavy (non-hydrogen) atoms. The van der Waals surface area contributed by atoms with Crippen LogP contribution in [0.2, 0.25) is 10.0 Å². The summed E-state index contributed by atoms with van der Waals surface area (Å²) in [6.07, 6.45) is 2.25. The molecule has 0 heterocycles. The molecule has 2 rings (SSSR count). The Kier molecular flexibility index (Phi) is 3.21. The Hall–Kier alpha value is -0.280. The maximum absolute atomic E-state index is 5.96. The van der Waals surface area contributed by atoms with E-state index >= 15 is 0 Å². The molecule has 0 unspecified atom stereocenters. The van der Waals surface area contributed by atoms with Crippen LogP contribution in [0.25, 0.3) is 0 Å². The second kappa shape index (κ2) is 4.30. The van der Waals surface area contributed by atoms with Gasteiger partial charge in [0.25, 0.3) is 0 Å². The van der Waals surface area contributed by atoms with E-state index in [2.05, 4.69) is 5.32 Å². The molecule has 0 radical (unpaired) electrons. The van der Waals surface area contributed by atoms with E-state index in [1.165, 1.54) is 0 Å². The van der Waals surface area contributed by atoms with Crippen LogP contribution in [-0.2, 0) is 6.54 Å². The van der Waals surface area contributed by atoms with Crippen LogP contribution in [0.1, 0.15) is 18.4 Å². The Morgan fingerprint density at radius 1 is 1.27 bits per heavy atom. The van der Waals surface area contributed by atoms with Gasteiger partial charge in [-0.1, -0.05) is 29.3 Å². The van der Waals surface area contributed by atoms with E-state index in [1.807, 2.05) is 18.2 Å². The fourth-order valence-corrected chi connectivity index (χ4v) is 1.76. The summed E-state index contributed by atoms with van der Waals surface area (Å²) in [7, 11) is 0. The van der Waals surface area contributed by atoms with Crippen LogP contribution in [-0.4, -0.2) is 12.1 Å². The monoisotopic (exact) mass is 244 g/mol. The van der Waals surface area contributed by atoms with Gasteiger partial charge in [-0.15, -0.1) is 0 Å². The first-order valence-corrected chi connectivity index (χ1v) is 5.78. The minimum atomic E-state index is 0.0518. The molecule has 0 aliphatic heterocycles. The maximum Gasteiger partial charge on any atom is 0.0595 e. The third-order valence-corrected chi connectivity index (χ3v) is 3.42. The lowest BCUT2D eigenvalue weighted by molar-refractivity contribution is 0.569. The fourth-order valence-electron chi connectivity index (χ4n) is 1.44. The molecule has 0 amide bonds. The van der Waals surface area contributed by atoms with Crippen molar-refractivity contribution in [2.24, 2.45) is 5.73 Å². The van der Waals surface area contributed by atoms with Gasteiger partial charge in [-0.3, -0.25) is 0 Å². The van der Waals surface area contributed by atoms with E-state index in [-0.39, 0.29) is 5.54 Å². The van der Waals surface area contributed by atoms with E-state index in [0.29, 0.717) is 10.0 Å². The van der Waals surface area contributed by atoms with Crippen molar-refractivity contribution in [2.45, 2.75) is 24.9 Å². The minimum absolute atomic E-state index is 0.0518. The summed E-state index contributed by atoms with van der Waals surface area (Å²) < 4.78 is 0. The van der Waals surface area contributed by atoms with Gasteiger partial charge in [0.1, 0.15) is 0 Å². The number of halogens is 2. The van der Waals surface area contributed by atoms with Crippen LogP contribution in [0.4, 0.5) is 0 Å². The molecule has 1 fully saturated rings. The van der Waals surface area contributed by atoms with Crippen LogP contribution in [0.5, 0.6) is 0 Å². The smallest absolute Gasteiger partial charge is 0.0595 e. The number of hydrogen-bond donors (Lipinski definition) is 2. The van der Waals surface area contributed by atoms with Gasteiger partial charge < -0.3 is 11.1 Å². The summed E-state index contributed by atoms with van der Waals surface area (Å²) in [4.78, 5) is 0. The van der Waals surface area contributed by atoms with Gasteiger partial charge in [0.05, 0.1) is 10.0 Å². The van der Waals surface area contributed by atoms with E-state index in [9.17, 15) is 0 Å². The van der Waals surface area contributed by atoms with Gasteiger partial charge in [-0.25, -0.2) is 0 Å². The third-order valence-electron chi connectivity index (χ3n) is 2.68. The summed E-state index contributed by atoms with van der Waals surface area (Å²) in [5.41, 5.74) is 7.14. The van der Waals surface area contributed by atoms with Crippen molar-refractivity contribution in [1.29, 1.82) is 0 Å². The predicted octanol–water partition coefficient (Wildman–Crippen LogP) is 2.57. The molecule has 1 aromatic rings. The van der Waals surface area contributed by atoms with Crippen molar-refractivity contribution in [2.75, 3.05) is 6.54 Å². The predicted molar refractivity (Wildman–Crippen MR) is 64.3 cm³/mol. The Bertz CT molecular complexity index is 362. The highest BCUT2D eigenvalue weighted by Gasteiger charge is 2.37. The molecule has 2 nitrogen and oxygen atoms in total. The van der Waals surface area contributed by atoms with Gasteiger partial charge in [-0.2, -0.15) is 0 Å². The summed E-state index contributed by atoms with van der Waals surface area (Å²) >= 11 is 11.7. The molecule has 0 bridgehead atoms. The van der Waals surface area contributed by atoms with Crippen molar-refractivity contribution >= 4 is 23.2 Å². The Balaban J connectivity index is 1.85. The standard InChI is InChI=1S/C11H14Cl2N2/c12-9-2-1-8(5-10(9)13)6-15-7-11(14)3-4-11/h1-2,5,15H,3-4,6-7,14H2. The van der Waals surface area contributed by atoms with Gasteiger partial charge in [0, 0.05) is 18.6 Å². The van der Waals surface area contributed by atoms with Gasteiger partial charge >= 0.3 is 0 Å². The number of nitrogens with one attached hydrogen (secondary N) is 1. The molecule has 0 saturated heterocycles. The molecule has 1 aliphatic carbocycles. The molecular formula is C11H14Cl2N2. The number of hydrogen-bond acceptors (Lipinski definition) is 2. The Morgan fingerprint density at radius 2 is 2.00 bits per heavy atom. The van der Waals surface area contributed by atoms with Crippen LogP contribution in [0, 0.1) is 0 Å². The lowest BCUT2D eigenvalue weighted by atomic mass is 10.2. The molecule has 1 aliphatic rings. The van der Waals surface area contributed by atoms with Crippen molar-refractivity contribution in [1.82, 2.24) is 5.32 Å². The van der Waals surface area contributed by atoms with Gasteiger partial charge in [0.2, 0.25) is 0 Å². The quantitative estimate of drug-likeness (QED) is 0.855. The van der Waals surface area contributed by atoms with Crippen LogP contribution >= 0.6 is 23.2 Å². The van der Waals surface area contributed by atoms with Crippen molar-refractivity contribution in [3.05, 3.63) is 33.8 Å². The van der Waals surface area contributed by atoms with Crippen LogP contribution in [0.3, 0.4) is 0 Å². The molecule has 1 saturated carbocycles. The summed E-state index contributed by atoms with van der Waals surface area (Å²) in [6, 6.07) is 5.67. The largest absolute Gasteiger partial charge is 0.324 e. The van der Waals surface area contributed by atoms with Gasteiger partial charge in [-0.05, 0) is 30.5 Å². The van der Waals surface area contributed by atoms with Crippen molar-refractivity contribution in [3.63, 3.8) is 0 Å². The molecule has 1 aromatic carbocycles. The van der Waals surface area contributed by atoms with Crippen LogP contribution < -0.4 is 11.1 Å². The third kappa shape index (κ3) is 3.08. The number of nitrogens with two attached hydrogens (primary N) is 1. The molecule has 0 aromatic heterocycles. The normalized spacial score (nSPS) is 17.8. The highest BCUT2D eigenvalue weighted by atomic mass is 35.5. The Labute approximate surface area is 99.7 Å². The first-order valence-electron chi connectivity index (χ1n) is 5.03. The zero-order chi connectivity index (χ0) is 10.9. The average Bonchev–Trinajstić information content (AvgIpc) is 2.90. The van der Waals surface area contributed by atoms with E-state index in [0.717, 1.165) is 31.5 Å². The second-order valence-electron chi connectivity index (χ2n) is 4.21. The molecule has 4 heteroatoms. The Morgan fingerprint density at radius 3 is 2.60 bits per heavy atom. The lowest BCUT2D eigenvalue weighted by Crippen LogP contribution is -2.35. The highest BCUT2D eigenvalue weighted by molar-refractivity contribution is 6.42. The van der Waals surface area contributed by atoms with Crippen molar-refractivity contribution < 1.29 is 0 Å². The van der Waals surface area contributed by atoms with Gasteiger partial charge in [0.15, 0.2) is 0 Å². The summed E-state index contributed by atoms with van der Waals surface area (Å²) in [5, 5.41) is 4.52. The first kappa shape index (κ1) is 11.2. The zero-order valence-corrected chi connectivity index (χ0v) is 9.91. The van der Waals surface area contributed by atoms with E-state index in [4.69, 9.17) is 28.9 Å². The van der Waals surface area contributed by atoms with Crippen molar-refractivity contribution in [3.8, 4) is 0 Å². The SMILES string of the molecule is NC1(CNCc2ccc(Cl)c(Cl)c2)CC1. The molecule has 82 valence electrons. The maximum atomic E-state index is 5.96. The highest BCUT2D eigenvalue weighted by Crippen LogP contribution is 2.31.